The van der Waals surface area contributed by atoms with Crippen LogP contribution in [0, 0.1) is 0 Å². The van der Waals surface area contributed by atoms with Crippen molar-refractivity contribution in [3.05, 3.63) is 47.5 Å². The van der Waals surface area contributed by atoms with Gasteiger partial charge in [0.2, 0.25) is 0 Å². The fourth-order valence-electron chi connectivity index (χ4n) is 3.61. The molecule has 0 saturated heterocycles. The number of Topliss-reactive ketones (excluding diaryl/α,β-unsaturated/α-hetero) is 2. The predicted molar refractivity (Wildman–Crippen MR) is 109 cm³/mol. The van der Waals surface area contributed by atoms with Crippen molar-refractivity contribution >= 4 is 19.3 Å². The van der Waals surface area contributed by atoms with Crippen molar-refractivity contribution in [1.82, 2.24) is 0 Å². The van der Waals surface area contributed by atoms with E-state index in [2.05, 4.69) is 0 Å². The summed E-state index contributed by atoms with van der Waals surface area (Å²) in [5, 5.41) is 0. The second-order valence-corrected chi connectivity index (χ2v) is 8.65. The lowest BCUT2D eigenvalue weighted by molar-refractivity contribution is 0.0607. The molecular weight excluding hydrogens is 371 g/mol. The molecule has 0 amide bonds. The van der Waals surface area contributed by atoms with Gasteiger partial charge in [0.25, 0.3) is 0 Å². The molecule has 0 radical (unpaired) electrons. The Labute approximate surface area is 170 Å². The van der Waals surface area contributed by atoms with Crippen LogP contribution in [0.5, 0.6) is 23.0 Å². The Balaban J connectivity index is 1.42. The number of benzene rings is 2. The summed E-state index contributed by atoms with van der Waals surface area (Å²) in [4.78, 5) is 24.7. The van der Waals surface area contributed by atoms with Crippen molar-refractivity contribution in [2.75, 3.05) is 0 Å². The number of carbonyl (C=O) groups excluding carboxylic acids is 2. The van der Waals surface area contributed by atoms with Crippen LogP contribution in [0.3, 0.4) is 0 Å². The van der Waals surface area contributed by atoms with Crippen LogP contribution in [0.25, 0.3) is 0 Å². The third kappa shape index (κ3) is 4.09. The lowest BCUT2D eigenvalue weighted by atomic mass is 9.93. The van der Waals surface area contributed by atoms with E-state index in [1.54, 1.807) is 36.4 Å². The van der Waals surface area contributed by atoms with E-state index in [1.807, 2.05) is 27.7 Å². The first-order chi connectivity index (χ1) is 13.6. The number of carbonyl (C=O) groups is 2. The molecule has 0 spiro atoms. The van der Waals surface area contributed by atoms with E-state index in [9.17, 15) is 9.59 Å². The number of hydrogen-bond acceptors (Lipinski definition) is 6. The van der Waals surface area contributed by atoms with Crippen LogP contribution >= 0.6 is 0 Å². The minimum atomic E-state index is -0.502. The number of hydrogen-bond donors (Lipinski definition) is 0. The lowest BCUT2D eigenvalue weighted by Crippen LogP contribution is -2.35. The SMILES string of the molecule is CC1(C)CC(=O)c2cc(OBOc3ccc4c(c3)C(=O)CC(C)(C)O4)ccc2O1. The van der Waals surface area contributed by atoms with Crippen LogP contribution < -0.4 is 18.8 Å². The van der Waals surface area contributed by atoms with Crippen molar-refractivity contribution in [3.8, 4) is 23.0 Å². The van der Waals surface area contributed by atoms with Gasteiger partial charge in [0, 0.05) is 0 Å². The Morgan fingerprint density at radius 1 is 0.759 bits per heavy atom. The second kappa shape index (κ2) is 6.83. The van der Waals surface area contributed by atoms with Crippen LogP contribution in [0.15, 0.2) is 36.4 Å². The standard InChI is InChI=1S/C22H23BO6/c1-21(2)11-17(24)15-9-13(5-7-19(15)26-21)28-23-29-14-6-8-20-16(10-14)18(25)12-22(3,4)27-20/h5-10,23H,11-12H2,1-4H3. The fraction of sp³-hybridized carbons (Fsp3) is 0.364. The summed E-state index contributed by atoms with van der Waals surface area (Å²) in [5.74, 6) is 2.21. The first-order valence-corrected chi connectivity index (χ1v) is 9.60. The summed E-state index contributed by atoms with van der Waals surface area (Å²) in [6.45, 7) is 7.56. The van der Waals surface area contributed by atoms with E-state index in [0.29, 0.717) is 47.0 Å². The minimum Gasteiger partial charge on any atom is -0.528 e. The van der Waals surface area contributed by atoms with Crippen molar-refractivity contribution in [1.29, 1.82) is 0 Å². The quantitative estimate of drug-likeness (QED) is 0.733. The molecule has 2 aromatic carbocycles. The zero-order chi connectivity index (χ0) is 20.8. The Kier molecular flexibility index (Phi) is 4.56. The highest BCUT2D eigenvalue weighted by Gasteiger charge is 2.33. The summed E-state index contributed by atoms with van der Waals surface area (Å²) in [6.07, 6.45) is 0.643. The van der Waals surface area contributed by atoms with Crippen LogP contribution in [0.4, 0.5) is 0 Å². The molecule has 0 N–H and O–H groups in total. The number of ketones is 2. The predicted octanol–water partition coefficient (Wildman–Crippen LogP) is 3.90. The third-order valence-electron chi connectivity index (χ3n) is 4.90. The maximum Gasteiger partial charge on any atom is 0.576 e. The molecule has 2 aliphatic rings. The largest absolute Gasteiger partial charge is 0.576 e. The molecule has 0 unspecified atom stereocenters. The Morgan fingerprint density at radius 2 is 1.17 bits per heavy atom. The van der Waals surface area contributed by atoms with Crippen LogP contribution in [-0.2, 0) is 0 Å². The number of fused-ring (bicyclic) bond motifs is 2. The zero-order valence-electron chi connectivity index (χ0n) is 17.0. The average molecular weight is 394 g/mol. The highest BCUT2D eigenvalue weighted by atomic mass is 16.6. The summed E-state index contributed by atoms with van der Waals surface area (Å²) in [5.41, 5.74) is 0.0264. The van der Waals surface area contributed by atoms with E-state index in [-0.39, 0.29) is 19.3 Å². The maximum absolute atomic E-state index is 12.4. The van der Waals surface area contributed by atoms with Gasteiger partial charge in [0.15, 0.2) is 11.6 Å². The first kappa shape index (κ1) is 19.4. The first-order valence-electron chi connectivity index (χ1n) is 9.60. The molecule has 0 atom stereocenters. The topological polar surface area (TPSA) is 71.1 Å². The lowest BCUT2D eigenvalue weighted by Gasteiger charge is -2.31. The molecule has 0 aliphatic carbocycles. The van der Waals surface area contributed by atoms with E-state index in [0.717, 1.165) is 0 Å². The normalized spacial score (nSPS) is 18.6. The van der Waals surface area contributed by atoms with Crippen LogP contribution in [0.2, 0.25) is 0 Å². The van der Waals surface area contributed by atoms with Crippen molar-refractivity contribution in [3.63, 3.8) is 0 Å². The van der Waals surface area contributed by atoms with Gasteiger partial charge >= 0.3 is 7.69 Å². The molecule has 0 fully saturated rings. The molecule has 2 aliphatic heterocycles. The van der Waals surface area contributed by atoms with Gasteiger partial charge in [-0.05, 0) is 64.1 Å². The second-order valence-electron chi connectivity index (χ2n) is 8.65. The van der Waals surface area contributed by atoms with Crippen molar-refractivity contribution in [2.24, 2.45) is 0 Å². The molecule has 0 saturated carbocycles. The Hall–Kier alpha value is -2.96. The molecule has 7 heteroatoms. The van der Waals surface area contributed by atoms with Crippen LogP contribution in [0.1, 0.15) is 61.3 Å². The monoisotopic (exact) mass is 394 g/mol. The summed E-state index contributed by atoms with van der Waals surface area (Å²) in [6, 6.07) is 10.3. The minimum absolute atomic E-state index is 0.0266. The average Bonchev–Trinajstić information content (AvgIpc) is 2.61. The molecule has 29 heavy (non-hydrogen) atoms. The van der Waals surface area contributed by atoms with Crippen molar-refractivity contribution < 1.29 is 28.4 Å². The van der Waals surface area contributed by atoms with Crippen LogP contribution in [-0.4, -0.2) is 30.5 Å². The molecular formula is C22H23BO6. The van der Waals surface area contributed by atoms with E-state index in [4.69, 9.17) is 18.8 Å². The Morgan fingerprint density at radius 3 is 1.59 bits per heavy atom. The molecule has 150 valence electrons. The highest BCUT2D eigenvalue weighted by Crippen LogP contribution is 2.36. The summed E-state index contributed by atoms with van der Waals surface area (Å²) >= 11 is 0. The zero-order valence-corrected chi connectivity index (χ0v) is 17.0. The molecule has 0 bridgehead atoms. The molecule has 4 rings (SSSR count). The Bertz CT molecular complexity index is 915. The highest BCUT2D eigenvalue weighted by molar-refractivity contribution is 6.21. The van der Waals surface area contributed by atoms with Gasteiger partial charge in [-0.15, -0.1) is 0 Å². The van der Waals surface area contributed by atoms with Gasteiger partial charge in [0.05, 0.1) is 24.0 Å². The van der Waals surface area contributed by atoms with E-state index in [1.165, 1.54) is 0 Å². The smallest absolute Gasteiger partial charge is 0.528 e. The molecule has 0 aromatic heterocycles. The third-order valence-corrected chi connectivity index (χ3v) is 4.90. The molecule has 6 nitrogen and oxygen atoms in total. The number of ether oxygens (including phenoxy) is 2. The molecule has 2 aromatic rings. The van der Waals surface area contributed by atoms with Gasteiger partial charge in [-0.25, -0.2) is 0 Å². The van der Waals surface area contributed by atoms with Gasteiger partial charge in [0.1, 0.15) is 34.2 Å². The van der Waals surface area contributed by atoms with Crippen molar-refractivity contribution in [2.45, 2.75) is 51.7 Å². The fourth-order valence-corrected chi connectivity index (χ4v) is 3.61. The number of rotatable bonds is 4. The van der Waals surface area contributed by atoms with Gasteiger partial charge in [-0.1, -0.05) is 0 Å². The van der Waals surface area contributed by atoms with E-state index < -0.39 is 11.2 Å². The van der Waals surface area contributed by atoms with Gasteiger partial charge in [-0.3, -0.25) is 9.59 Å². The van der Waals surface area contributed by atoms with Gasteiger partial charge < -0.3 is 18.8 Å². The maximum atomic E-state index is 12.4. The summed E-state index contributed by atoms with van der Waals surface area (Å²) in [7, 11) is -0.0569. The van der Waals surface area contributed by atoms with E-state index >= 15 is 0 Å². The van der Waals surface area contributed by atoms with Gasteiger partial charge in [-0.2, -0.15) is 0 Å². The summed E-state index contributed by atoms with van der Waals surface area (Å²) < 4.78 is 23.0. The molecule has 2 heterocycles.